The molecule has 0 saturated carbocycles. The van der Waals surface area contributed by atoms with E-state index in [1.165, 1.54) is 13.0 Å². The summed E-state index contributed by atoms with van der Waals surface area (Å²) in [7, 11) is 0. The number of benzene rings is 1. The fraction of sp³-hybridized carbons (Fsp3) is 0.300. The van der Waals surface area contributed by atoms with Gasteiger partial charge in [0.05, 0.1) is 4.92 Å². The zero-order valence-corrected chi connectivity index (χ0v) is 8.95. The van der Waals surface area contributed by atoms with Crippen LogP contribution in [0.1, 0.15) is 18.1 Å². The van der Waals surface area contributed by atoms with Crippen LogP contribution in [0.2, 0.25) is 0 Å². The van der Waals surface area contributed by atoms with Crippen molar-refractivity contribution >= 4 is 23.1 Å². The summed E-state index contributed by atoms with van der Waals surface area (Å²) in [6.07, 6.45) is 0.0822. The van der Waals surface area contributed by atoms with E-state index in [9.17, 15) is 14.9 Å². The number of nitro benzene ring substituents is 1. The average Bonchev–Trinajstić information content (AvgIpc) is 2.17. The van der Waals surface area contributed by atoms with Crippen LogP contribution in [-0.2, 0) is 17.1 Å². The summed E-state index contributed by atoms with van der Waals surface area (Å²) in [5.74, 6) is 0.123. The molecule has 5 heteroatoms. The lowest BCUT2D eigenvalue weighted by atomic mass is 10.1. The third kappa shape index (κ3) is 3.02. The van der Waals surface area contributed by atoms with E-state index in [1.54, 1.807) is 12.1 Å². The van der Waals surface area contributed by atoms with Crippen molar-refractivity contribution in [3.8, 4) is 0 Å². The zero-order valence-electron chi connectivity index (χ0n) is 8.20. The van der Waals surface area contributed by atoms with Crippen LogP contribution in [-0.4, -0.2) is 10.7 Å². The molecule has 15 heavy (non-hydrogen) atoms. The van der Waals surface area contributed by atoms with Crippen LogP contribution in [0.3, 0.4) is 0 Å². The SMILES string of the molecule is CC(=O)Cc1ccc(CCl)cc1[N+](=O)[O-]. The van der Waals surface area contributed by atoms with Crippen molar-refractivity contribution in [2.24, 2.45) is 0 Å². The van der Waals surface area contributed by atoms with Gasteiger partial charge in [-0.3, -0.25) is 14.9 Å². The first-order valence-corrected chi connectivity index (χ1v) is 4.89. The minimum Gasteiger partial charge on any atom is -0.300 e. The number of ketones is 1. The summed E-state index contributed by atoms with van der Waals surface area (Å²) in [6, 6.07) is 4.68. The number of rotatable bonds is 4. The van der Waals surface area contributed by atoms with E-state index in [0.29, 0.717) is 11.1 Å². The first-order chi connectivity index (χ1) is 7.04. The van der Waals surface area contributed by atoms with Crippen LogP contribution in [0.4, 0.5) is 5.69 Å². The Labute approximate surface area is 92.0 Å². The second kappa shape index (κ2) is 4.89. The van der Waals surface area contributed by atoms with Gasteiger partial charge in [-0.1, -0.05) is 12.1 Å². The molecule has 0 bridgehead atoms. The number of nitro groups is 1. The number of nitrogens with zero attached hydrogens (tertiary/aromatic N) is 1. The molecule has 0 heterocycles. The highest BCUT2D eigenvalue weighted by atomic mass is 35.5. The van der Waals surface area contributed by atoms with Crippen molar-refractivity contribution in [2.75, 3.05) is 0 Å². The van der Waals surface area contributed by atoms with Crippen molar-refractivity contribution in [1.82, 2.24) is 0 Å². The molecule has 80 valence electrons. The van der Waals surface area contributed by atoms with Gasteiger partial charge in [0.1, 0.15) is 5.78 Å². The Morgan fingerprint density at radius 3 is 2.67 bits per heavy atom. The zero-order chi connectivity index (χ0) is 11.4. The van der Waals surface area contributed by atoms with Gasteiger partial charge in [0.2, 0.25) is 0 Å². The normalized spacial score (nSPS) is 10.0. The summed E-state index contributed by atoms with van der Waals surface area (Å²) in [6.45, 7) is 1.40. The van der Waals surface area contributed by atoms with Crippen LogP contribution in [0.5, 0.6) is 0 Å². The van der Waals surface area contributed by atoms with Gasteiger partial charge in [0.15, 0.2) is 0 Å². The van der Waals surface area contributed by atoms with Crippen molar-refractivity contribution in [1.29, 1.82) is 0 Å². The van der Waals surface area contributed by atoms with Crippen molar-refractivity contribution < 1.29 is 9.72 Å². The first-order valence-electron chi connectivity index (χ1n) is 4.36. The molecule has 0 aliphatic rings. The monoisotopic (exact) mass is 227 g/mol. The second-order valence-corrected chi connectivity index (χ2v) is 3.50. The fourth-order valence-electron chi connectivity index (χ4n) is 1.28. The van der Waals surface area contributed by atoms with E-state index < -0.39 is 4.92 Å². The molecule has 1 aromatic carbocycles. The molecule has 0 radical (unpaired) electrons. The van der Waals surface area contributed by atoms with Gasteiger partial charge < -0.3 is 0 Å². The molecule has 0 aliphatic heterocycles. The lowest BCUT2D eigenvalue weighted by Crippen LogP contribution is -2.01. The predicted octanol–water partition coefficient (Wildman–Crippen LogP) is 2.47. The van der Waals surface area contributed by atoms with Gasteiger partial charge >= 0.3 is 0 Å². The van der Waals surface area contributed by atoms with Crippen LogP contribution in [0.25, 0.3) is 0 Å². The highest BCUT2D eigenvalue weighted by molar-refractivity contribution is 6.17. The maximum Gasteiger partial charge on any atom is 0.273 e. The maximum absolute atomic E-state index is 10.9. The molecule has 0 saturated heterocycles. The molecule has 0 aromatic heterocycles. The Morgan fingerprint density at radius 1 is 1.53 bits per heavy atom. The summed E-state index contributed by atoms with van der Waals surface area (Å²) in [5, 5.41) is 10.7. The van der Waals surface area contributed by atoms with Gasteiger partial charge in [0, 0.05) is 23.9 Å². The van der Waals surface area contributed by atoms with Crippen molar-refractivity contribution in [3.05, 3.63) is 39.4 Å². The molecule has 4 nitrogen and oxygen atoms in total. The highest BCUT2D eigenvalue weighted by Crippen LogP contribution is 2.21. The predicted molar refractivity (Wildman–Crippen MR) is 57.0 cm³/mol. The highest BCUT2D eigenvalue weighted by Gasteiger charge is 2.15. The molecule has 0 unspecified atom stereocenters. The van der Waals surface area contributed by atoms with Crippen molar-refractivity contribution in [2.45, 2.75) is 19.2 Å². The lowest BCUT2D eigenvalue weighted by molar-refractivity contribution is -0.385. The number of hydrogen-bond acceptors (Lipinski definition) is 3. The Hall–Kier alpha value is -1.42. The number of alkyl halides is 1. The van der Waals surface area contributed by atoms with Gasteiger partial charge in [-0.25, -0.2) is 0 Å². The van der Waals surface area contributed by atoms with E-state index in [1.807, 2.05) is 0 Å². The molecule has 0 aliphatic carbocycles. The van der Waals surface area contributed by atoms with Crippen LogP contribution in [0, 0.1) is 10.1 Å². The molecule has 0 spiro atoms. The van der Waals surface area contributed by atoms with Crippen LogP contribution in [0.15, 0.2) is 18.2 Å². The minimum absolute atomic E-state index is 0.0386. The third-order valence-corrected chi connectivity index (χ3v) is 2.25. The topological polar surface area (TPSA) is 60.2 Å². The average molecular weight is 228 g/mol. The number of halogens is 1. The van der Waals surface area contributed by atoms with E-state index in [-0.39, 0.29) is 23.8 Å². The third-order valence-electron chi connectivity index (χ3n) is 1.94. The molecule has 0 fully saturated rings. The van der Waals surface area contributed by atoms with Crippen LogP contribution < -0.4 is 0 Å². The fourth-order valence-corrected chi connectivity index (χ4v) is 1.45. The van der Waals surface area contributed by atoms with E-state index in [2.05, 4.69) is 0 Å². The quantitative estimate of drug-likeness (QED) is 0.451. The molecule has 0 amide bonds. The van der Waals surface area contributed by atoms with Gasteiger partial charge in [-0.05, 0) is 12.5 Å². The first kappa shape index (κ1) is 11.7. The van der Waals surface area contributed by atoms with Gasteiger partial charge in [-0.15, -0.1) is 11.6 Å². The molecular formula is C10H10ClNO3. The van der Waals surface area contributed by atoms with Crippen LogP contribution >= 0.6 is 11.6 Å². The number of hydrogen-bond donors (Lipinski definition) is 0. The van der Waals surface area contributed by atoms with Gasteiger partial charge in [-0.2, -0.15) is 0 Å². The summed E-state index contributed by atoms with van der Waals surface area (Å²) >= 11 is 5.57. The van der Waals surface area contributed by atoms with E-state index in [4.69, 9.17) is 11.6 Å². The smallest absolute Gasteiger partial charge is 0.273 e. The molecule has 0 atom stereocenters. The maximum atomic E-state index is 10.9. The molecule has 0 N–H and O–H groups in total. The second-order valence-electron chi connectivity index (χ2n) is 3.23. The largest absolute Gasteiger partial charge is 0.300 e. The van der Waals surface area contributed by atoms with E-state index >= 15 is 0 Å². The van der Waals surface area contributed by atoms with E-state index in [0.717, 1.165) is 0 Å². The number of Topliss-reactive ketones (excluding diaryl/α,β-unsaturated/α-hetero) is 1. The Balaban J connectivity index is 3.15. The number of carbonyl (C=O) groups is 1. The van der Waals surface area contributed by atoms with Gasteiger partial charge in [0.25, 0.3) is 5.69 Å². The standard InChI is InChI=1S/C10H10ClNO3/c1-7(13)4-9-3-2-8(6-11)5-10(9)12(14)15/h2-3,5H,4,6H2,1H3. The molecular weight excluding hydrogens is 218 g/mol. The Bertz CT molecular complexity index is 404. The Morgan fingerprint density at radius 2 is 2.20 bits per heavy atom. The summed E-state index contributed by atoms with van der Waals surface area (Å²) < 4.78 is 0. The molecule has 1 rings (SSSR count). The number of carbonyl (C=O) groups excluding carboxylic acids is 1. The Kier molecular flexibility index (Phi) is 3.80. The van der Waals surface area contributed by atoms with Crippen molar-refractivity contribution in [3.63, 3.8) is 0 Å². The lowest BCUT2D eigenvalue weighted by Gasteiger charge is -2.02. The summed E-state index contributed by atoms with van der Waals surface area (Å²) in [4.78, 5) is 21.1. The minimum atomic E-state index is -0.492. The molecule has 1 aromatic rings. The summed E-state index contributed by atoms with van der Waals surface area (Å²) in [5.41, 5.74) is 1.07.